The Kier molecular flexibility index (Phi) is 15.6. The largest absolute Gasteiger partial charge is 0.397 e. The van der Waals surface area contributed by atoms with Crippen LogP contribution in [0, 0.1) is 0 Å². The van der Waals surface area contributed by atoms with Crippen LogP contribution in [0.3, 0.4) is 0 Å². The van der Waals surface area contributed by atoms with E-state index in [4.69, 9.17) is 4.43 Å². The zero-order valence-corrected chi connectivity index (χ0v) is 36.8. The molecular weight excluding hydrogens is 757 g/mol. The molecule has 0 unspecified atom stereocenters. The first-order valence-electron chi connectivity index (χ1n) is 21.5. The summed E-state index contributed by atoms with van der Waals surface area (Å²) in [7, 11) is -2.95. The highest BCUT2D eigenvalue weighted by Gasteiger charge is 2.51. The third kappa shape index (κ3) is 10.7. The molecule has 3 N–H and O–H groups in total. The first-order chi connectivity index (χ1) is 28.3. The van der Waals surface area contributed by atoms with Crippen LogP contribution in [0.15, 0.2) is 103 Å². The first-order valence-corrected chi connectivity index (χ1v) is 23.4. The summed E-state index contributed by atoms with van der Waals surface area (Å²) in [6.07, 6.45) is 7.24. The van der Waals surface area contributed by atoms with Crippen LogP contribution < -0.4 is 26.3 Å². The number of benzene rings is 3. The quantitative estimate of drug-likeness (QED) is 0.0935. The fraction of sp³-hybridized carbons (Fsp3) is 0.479. The van der Waals surface area contributed by atoms with Crippen molar-refractivity contribution in [3.63, 3.8) is 0 Å². The van der Waals surface area contributed by atoms with Crippen LogP contribution in [-0.4, -0.2) is 78.9 Å². The molecule has 0 radical (unpaired) electrons. The lowest BCUT2D eigenvalue weighted by atomic mass is 9.86. The third-order valence-corrected chi connectivity index (χ3v) is 16.9. The van der Waals surface area contributed by atoms with E-state index in [-0.39, 0.29) is 41.4 Å². The van der Waals surface area contributed by atoms with Gasteiger partial charge in [-0.2, -0.15) is 0 Å². The monoisotopic (exact) mass is 820 g/mol. The molecule has 4 amide bonds. The predicted molar refractivity (Wildman–Crippen MR) is 236 cm³/mol. The second-order valence-electron chi connectivity index (χ2n) is 17.2. The van der Waals surface area contributed by atoms with E-state index in [1.807, 2.05) is 87.5 Å². The zero-order valence-electron chi connectivity index (χ0n) is 35.8. The number of nitrogens with one attached hydrogen (secondary N) is 3. The van der Waals surface area contributed by atoms with Gasteiger partial charge in [0.15, 0.2) is 5.78 Å². The van der Waals surface area contributed by atoms with Crippen molar-refractivity contribution in [1.82, 2.24) is 20.9 Å². The fourth-order valence-corrected chi connectivity index (χ4v) is 13.5. The van der Waals surface area contributed by atoms with E-state index >= 15 is 0 Å². The van der Waals surface area contributed by atoms with Crippen LogP contribution in [0.5, 0.6) is 0 Å². The van der Waals surface area contributed by atoms with Crippen LogP contribution in [0.1, 0.15) is 105 Å². The van der Waals surface area contributed by atoms with E-state index in [2.05, 4.69) is 61.0 Å². The summed E-state index contributed by atoms with van der Waals surface area (Å²) in [5.41, 5.74) is -0.383. The average molecular weight is 821 g/mol. The highest BCUT2D eigenvalue weighted by molar-refractivity contribution is 6.99. The minimum Gasteiger partial charge on any atom is -0.397 e. The lowest BCUT2D eigenvalue weighted by Gasteiger charge is -2.44. The Morgan fingerprint density at radius 3 is 1.98 bits per heavy atom. The highest BCUT2D eigenvalue weighted by Crippen LogP contribution is 2.37. The van der Waals surface area contributed by atoms with Gasteiger partial charge in [-0.3, -0.25) is 24.0 Å². The lowest BCUT2D eigenvalue weighted by Crippen LogP contribution is -2.68. The molecule has 4 atom stereocenters. The topological polar surface area (TPSA) is 134 Å². The van der Waals surface area contributed by atoms with Gasteiger partial charge in [-0.25, -0.2) is 0 Å². The maximum atomic E-state index is 14.4. The van der Waals surface area contributed by atoms with Gasteiger partial charge in [-0.1, -0.05) is 145 Å². The Balaban J connectivity index is 1.33. The number of hydrogen-bond donors (Lipinski definition) is 3. The fourth-order valence-electron chi connectivity index (χ4n) is 8.89. The Labute approximate surface area is 352 Å². The van der Waals surface area contributed by atoms with Gasteiger partial charge in [0.1, 0.15) is 29.8 Å². The smallest absolute Gasteiger partial charge is 0.262 e. The molecule has 2 saturated heterocycles. The summed E-state index contributed by atoms with van der Waals surface area (Å²) in [5.74, 6) is -1.65. The molecule has 0 aliphatic carbocycles. The van der Waals surface area contributed by atoms with Crippen molar-refractivity contribution < 1.29 is 28.4 Å². The molecule has 3 aromatic rings. The Bertz CT molecular complexity index is 1870. The molecule has 2 aliphatic rings. The highest BCUT2D eigenvalue weighted by atomic mass is 28.4. The summed E-state index contributed by atoms with van der Waals surface area (Å²) < 4.78 is 7.00. The van der Waals surface area contributed by atoms with E-state index < -0.39 is 44.0 Å². The second-order valence-corrected chi connectivity index (χ2v) is 21.4. The van der Waals surface area contributed by atoms with Gasteiger partial charge >= 0.3 is 0 Å². The standard InChI is InChI=1S/C48H64N4O6Si/c1-7-31-48(32-8-2)46(57)50-40(34-36-22-13-9-14-23-36)45(56)52-33-21-29-41(52)44(55)49-39(43(54)51-48)28-19-12-20-30-42(53)35(3)58-59(47(4,5)6,37-24-15-10-16-25-37)38-26-17-11-18-27-38/h9-11,13-18,20,22-27,30,35,39-41H,7-8,12,19,21,28-29,31-34H2,1-6H3,(H,49,55)(H,50,57)(H,51,54)/b30-20+/t35-,39+,40+,41-/m1/s1. The molecule has 2 fully saturated rings. The second kappa shape index (κ2) is 20.4. The van der Waals surface area contributed by atoms with Gasteiger partial charge in [0, 0.05) is 13.0 Å². The molecule has 11 heteroatoms. The maximum absolute atomic E-state index is 14.4. The Morgan fingerprint density at radius 1 is 0.847 bits per heavy atom. The van der Waals surface area contributed by atoms with Crippen molar-refractivity contribution in [3.05, 3.63) is 109 Å². The first kappa shape index (κ1) is 45.2. The molecule has 0 aromatic heterocycles. The predicted octanol–water partition coefficient (Wildman–Crippen LogP) is 5.92. The van der Waals surface area contributed by atoms with Crippen molar-refractivity contribution in [2.45, 2.75) is 141 Å². The third-order valence-electron chi connectivity index (χ3n) is 11.8. The summed E-state index contributed by atoms with van der Waals surface area (Å²) in [6.45, 7) is 12.7. The van der Waals surface area contributed by atoms with E-state index in [9.17, 15) is 24.0 Å². The SMILES string of the molecule is CCCC1(CCC)NC(=O)[C@H](CCC/C=C/C(=O)[C@@H](C)O[Si](c2ccccc2)(c2ccccc2)C(C)(C)C)NC(=O)[C@H]2CCCN2C(=O)[C@H](Cc2ccccc2)NC1=O. The molecule has 316 valence electrons. The number of hydrogen-bond acceptors (Lipinski definition) is 6. The number of amides is 4. The molecule has 2 heterocycles. The molecular formula is C48H64N4O6Si. The van der Waals surface area contributed by atoms with Gasteiger partial charge in [-0.05, 0) is 78.9 Å². The van der Waals surface area contributed by atoms with E-state index in [1.165, 1.54) is 0 Å². The molecule has 3 aromatic carbocycles. The number of fused-ring (bicyclic) bond motifs is 1. The van der Waals surface area contributed by atoms with Crippen LogP contribution in [0.25, 0.3) is 0 Å². The van der Waals surface area contributed by atoms with Gasteiger partial charge < -0.3 is 25.3 Å². The summed E-state index contributed by atoms with van der Waals surface area (Å²) in [5, 5.41) is 11.0. The normalized spacial score (nSPS) is 20.8. The van der Waals surface area contributed by atoms with E-state index in [0.29, 0.717) is 57.9 Å². The number of unbranched alkanes of at least 4 members (excludes halogenated alkanes) is 1. The number of ketones is 1. The maximum Gasteiger partial charge on any atom is 0.262 e. The number of allylic oxidation sites excluding steroid dienone is 1. The summed E-state index contributed by atoms with van der Waals surface area (Å²) in [6, 6.07) is 27.3. The molecule has 10 nitrogen and oxygen atoms in total. The summed E-state index contributed by atoms with van der Waals surface area (Å²) >= 11 is 0. The molecule has 0 spiro atoms. The summed E-state index contributed by atoms with van der Waals surface area (Å²) in [4.78, 5) is 72.1. The number of carbonyl (C=O) groups is 5. The van der Waals surface area contributed by atoms with Crippen molar-refractivity contribution in [1.29, 1.82) is 0 Å². The van der Waals surface area contributed by atoms with Crippen LogP contribution in [-0.2, 0) is 34.8 Å². The molecule has 0 bridgehead atoms. The van der Waals surface area contributed by atoms with Crippen molar-refractivity contribution in [3.8, 4) is 0 Å². The number of carbonyl (C=O) groups excluding carboxylic acids is 5. The van der Waals surface area contributed by atoms with Gasteiger partial charge in [0.05, 0.1) is 0 Å². The Hall–Kier alpha value is -4.87. The lowest BCUT2D eigenvalue weighted by molar-refractivity contribution is -0.145. The molecule has 59 heavy (non-hydrogen) atoms. The minimum atomic E-state index is -2.95. The molecule has 0 saturated carbocycles. The van der Waals surface area contributed by atoms with Crippen molar-refractivity contribution in [2.24, 2.45) is 0 Å². The van der Waals surface area contributed by atoms with Crippen LogP contribution in [0.2, 0.25) is 5.04 Å². The van der Waals surface area contributed by atoms with Crippen LogP contribution >= 0.6 is 0 Å². The van der Waals surface area contributed by atoms with Crippen LogP contribution in [0.4, 0.5) is 0 Å². The number of nitrogens with zero attached hydrogens (tertiary/aromatic N) is 1. The zero-order chi connectivity index (χ0) is 42.6. The molecule has 5 rings (SSSR count). The Morgan fingerprint density at radius 2 is 1.42 bits per heavy atom. The van der Waals surface area contributed by atoms with Gasteiger partial charge in [0.25, 0.3) is 8.32 Å². The van der Waals surface area contributed by atoms with Gasteiger partial charge in [-0.15, -0.1) is 0 Å². The number of rotatable bonds is 16. The van der Waals surface area contributed by atoms with E-state index in [1.54, 1.807) is 17.1 Å². The average Bonchev–Trinajstić information content (AvgIpc) is 3.72. The minimum absolute atomic E-state index is 0.151. The van der Waals surface area contributed by atoms with Crippen molar-refractivity contribution in [2.75, 3.05) is 6.54 Å². The van der Waals surface area contributed by atoms with Gasteiger partial charge in [0.2, 0.25) is 23.6 Å². The molecule has 2 aliphatic heterocycles. The van der Waals surface area contributed by atoms with Crippen molar-refractivity contribution >= 4 is 48.1 Å². The van der Waals surface area contributed by atoms with E-state index in [0.717, 1.165) is 15.9 Å².